The molecule has 1 fully saturated rings. The Morgan fingerprint density at radius 1 is 0.862 bits per heavy atom. The van der Waals surface area contributed by atoms with Crippen molar-refractivity contribution in [2.45, 2.75) is 71.6 Å². The van der Waals surface area contributed by atoms with E-state index in [-0.39, 0.29) is 5.82 Å². The standard InChI is InChI=1S/C28H35F/c1-3-4-5-6-23-13-17-27(18-14-23)22(2)21-26-11-9-24(10-12-26)7-8-25-15-19-28(29)20-16-25/h9-12,15-16,19-20,22-23,27H,3-6,13-14,17-18,21H2,1-2H3. The minimum Gasteiger partial charge on any atom is -0.207 e. The number of rotatable bonds is 7. The summed E-state index contributed by atoms with van der Waals surface area (Å²) in [5.41, 5.74) is 3.27. The zero-order valence-corrected chi connectivity index (χ0v) is 18.1. The fourth-order valence-electron chi connectivity index (χ4n) is 4.67. The number of unbranched alkanes of at least 4 members (excludes halogenated alkanes) is 2. The summed E-state index contributed by atoms with van der Waals surface area (Å²) in [4.78, 5) is 0. The lowest BCUT2D eigenvalue weighted by atomic mass is 9.73. The number of benzene rings is 2. The molecule has 0 radical (unpaired) electrons. The van der Waals surface area contributed by atoms with Crippen molar-refractivity contribution in [3.63, 3.8) is 0 Å². The fourth-order valence-corrected chi connectivity index (χ4v) is 4.67. The van der Waals surface area contributed by atoms with Gasteiger partial charge < -0.3 is 0 Å². The second-order valence-electron chi connectivity index (χ2n) is 8.91. The molecule has 1 saturated carbocycles. The Hall–Kier alpha value is -2.07. The first kappa shape index (κ1) is 21.6. The third-order valence-corrected chi connectivity index (χ3v) is 6.62. The van der Waals surface area contributed by atoms with Gasteiger partial charge in [-0.1, -0.05) is 76.3 Å². The second-order valence-corrected chi connectivity index (χ2v) is 8.91. The summed E-state index contributed by atoms with van der Waals surface area (Å²) < 4.78 is 13.0. The van der Waals surface area contributed by atoms with Gasteiger partial charge in [-0.3, -0.25) is 0 Å². The van der Waals surface area contributed by atoms with Crippen molar-refractivity contribution in [1.82, 2.24) is 0 Å². The molecular weight excluding hydrogens is 355 g/mol. The van der Waals surface area contributed by atoms with E-state index in [0.717, 1.165) is 35.3 Å². The highest BCUT2D eigenvalue weighted by molar-refractivity contribution is 5.43. The summed E-state index contributed by atoms with van der Waals surface area (Å²) in [5, 5.41) is 0. The van der Waals surface area contributed by atoms with Gasteiger partial charge >= 0.3 is 0 Å². The SMILES string of the molecule is CCCCCC1CCC(C(C)Cc2ccc(C#Cc3ccc(F)cc3)cc2)CC1. The molecule has 1 aliphatic rings. The normalized spacial score (nSPS) is 20.0. The molecule has 0 aromatic heterocycles. The van der Waals surface area contributed by atoms with E-state index in [1.165, 1.54) is 69.1 Å². The summed E-state index contributed by atoms with van der Waals surface area (Å²) in [5.74, 6) is 8.69. The third kappa shape index (κ3) is 7.04. The lowest BCUT2D eigenvalue weighted by molar-refractivity contribution is 0.204. The van der Waals surface area contributed by atoms with Crippen molar-refractivity contribution in [2.24, 2.45) is 17.8 Å². The molecule has 0 amide bonds. The molecule has 2 aromatic carbocycles. The highest BCUT2D eigenvalue weighted by atomic mass is 19.1. The van der Waals surface area contributed by atoms with Gasteiger partial charge in [-0.15, -0.1) is 0 Å². The van der Waals surface area contributed by atoms with E-state index in [9.17, 15) is 4.39 Å². The summed E-state index contributed by atoms with van der Waals surface area (Å²) in [6, 6.07) is 15.0. The minimum absolute atomic E-state index is 0.223. The van der Waals surface area contributed by atoms with Crippen LogP contribution in [-0.2, 0) is 6.42 Å². The van der Waals surface area contributed by atoms with Gasteiger partial charge in [0.15, 0.2) is 0 Å². The topological polar surface area (TPSA) is 0 Å². The fraction of sp³-hybridized carbons (Fsp3) is 0.500. The Bertz CT molecular complexity index is 783. The van der Waals surface area contributed by atoms with Crippen LogP contribution in [0.4, 0.5) is 4.39 Å². The molecule has 29 heavy (non-hydrogen) atoms. The van der Waals surface area contributed by atoms with Crippen LogP contribution in [0.3, 0.4) is 0 Å². The monoisotopic (exact) mass is 390 g/mol. The molecule has 0 bridgehead atoms. The van der Waals surface area contributed by atoms with E-state index in [1.54, 1.807) is 12.1 Å². The van der Waals surface area contributed by atoms with Crippen LogP contribution in [0.25, 0.3) is 0 Å². The molecule has 0 saturated heterocycles. The predicted octanol–water partition coefficient (Wildman–Crippen LogP) is 7.79. The molecule has 0 N–H and O–H groups in total. The Morgan fingerprint density at radius 3 is 2.03 bits per heavy atom. The average Bonchev–Trinajstić information content (AvgIpc) is 2.75. The minimum atomic E-state index is -0.223. The van der Waals surface area contributed by atoms with Gasteiger partial charge in [-0.2, -0.15) is 0 Å². The van der Waals surface area contributed by atoms with Crippen LogP contribution in [-0.4, -0.2) is 0 Å². The molecule has 0 aliphatic heterocycles. The number of halogens is 1. The Morgan fingerprint density at radius 2 is 1.45 bits per heavy atom. The average molecular weight is 391 g/mol. The second kappa shape index (κ2) is 11.2. The summed E-state index contributed by atoms with van der Waals surface area (Å²) in [6.07, 6.45) is 12.5. The van der Waals surface area contributed by atoms with Crippen molar-refractivity contribution in [3.8, 4) is 11.8 Å². The van der Waals surface area contributed by atoms with Gasteiger partial charge in [0.2, 0.25) is 0 Å². The van der Waals surface area contributed by atoms with Crippen LogP contribution in [0, 0.1) is 35.4 Å². The van der Waals surface area contributed by atoms with E-state index in [4.69, 9.17) is 0 Å². The molecule has 0 heterocycles. The molecular formula is C28H35F. The number of hydrogen-bond acceptors (Lipinski definition) is 0. The predicted molar refractivity (Wildman–Crippen MR) is 121 cm³/mol. The maximum Gasteiger partial charge on any atom is 0.123 e. The van der Waals surface area contributed by atoms with Crippen LogP contribution in [0.1, 0.15) is 81.9 Å². The smallest absolute Gasteiger partial charge is 0.123 e. The van der Waals surface area contributed by atoms with Crippen molar-refractivity contribution >= 4 is 0 Å². The quantitative estimate of drug-likeness (QED) is 0.334. The van der Waals surface area contributed by atoms with E-state index in [2.05, 4.69) is 50.0 Å². The Labute approximate surface area is 176 Å². The van der Waals surface area contributed by atoms with E-state index in [1.807, 2.05) is 0 Å². The Kier molecular flexibility index (Phi) is 8.36. The van der Waals surface area contributed by atoms with Crippen LogP contribution in [0.2, 0.25) is 0 Å². The molecule has 3 rings (SSSR count). The van der Waals surface area contributed by atoms with Crippen molar-refractivity contribution in [1.29, 1.82) is 0 Å². The zero-order valence-electron chi connectivity index (χ0n) is 18.1. The van der Waals surface area contributed by atoms with Gasteiger partial charge in [-0.05, 0) is 79.0 Å². The summed E-state index contributed by atoms with van der Waals surface area (Å²) >= 11 is 0. The lowest BCUT2D eigenvalue weighted by Gasteiger charge is -2.32. The van der Waals surface area contributed by atoms with Gasteiger partial charge in [0, 0.05) is 11.1 Å². The maximum atomic E-state index is 13.0. The van der Waals surface area contributed by atoms with Crippen molar-refractivity contribution in [2.75, 3.05) is 0 Å². The first-order valence-corrected chi connectivity index (χ1v) is 11.5. The molecule has 1 aliphatic carbocycles. The van der Waals surface area contributed by atoms with Gasteiger partial charge in [-0.25, -0.2) is 4.39 Å². The molecule has 0 nitrogen and oxygen atoms in total. The molecule has 154 valence electrons. The lowest BCUT2D eigenvalue weighted by Crippen LogP contribution is -2.21. The van der Waals surface area contributed by atoms with Crippen LogP contribution < -0.4 is 0 Å². The first-order valence-electron chi connectivity index (χ1n) is 11.5. The van der Waals surface area contributed by atoms with Crippen molar-refractivity contribution < 1.29 is 4.39 Å². The van der Waals surface area contributed by atoms with E-state index >= 15 is 0 Å². The van der Waals surface area contributed by atoms with E-state index < -0.39 is 0 Å². The summed E-state index contributed by atoms with van der Waals surface area (Å²) in [7, 11) is 0. The van der Waals surface area contributed by atoms with Crippen LogP contribution >= 0.6 is 0 Å². The van der Waals surface area contributed by atoms with Crippen molar-refractivity contribution in [3.05, 3.63) is 71.0 Å². The molecule has 0 spiro atoms. The number of hydrogen-bond donors (Lipinski definition) is 0. The largest absolute Gasteiger partial charge is 0.207 e. The third-order valence-electron chi connectivity index (χ3n) is 6.62. The molecule has 2 aromatic rings. The zero-order chi connectivity index (χ0) is 20.5. The van der Waals surface area contributed by atoms with Gasteiger partial charge in [0.1, 0.15) is 5.82 Å². The maximum absolute atomic E-state index is 13.0. The Balaban J connectivity index is 1.47. The molecule has 1 unspecified atom stereocenters. The first-order chi connectivity index (χ1) is 14.1. The van der Waals surface area contributed by atoms with E-state index in [0.29, 0.717) is 0 Å². The van der Waals surface area contributed by atoms with Crippen LogP contribution in [0.5, 0.6) is 0 Å². The molecule has 1 atom stereocenters. The van der Waals surface area contributed by atoms with Gasteiger partial charge in [0.25, 0.3) is 0 Å². The molecule has 1 heteroatoms. The highest BCUT2D eigenvalue weighted by Crippen LogP contribution is 2.36. The summed E-state index contributed by atoms with van der Waals surface area (Å²) in [6.45, 7) is 4.73. The van der Waals surface area contributed by atoms with Gasteiger partial charge in [0.05, 0.1) is 0 Å². The van der Waals surface area contributed by atoms with Crippen LogP contribution in [0.15, 0.2) is 48.5 Å². The highest BCUT2D eigenvalue weighted by Gasteiger charge is 2.25.